The summed E-state index contributed by atoms with van der Waals surface area (Å²) in [5.74, 6) is -0.186. The minimum atomic E-state index is -2.49. The second-order valence-electron chi connectivity index (χ2n) is 4.80. The molecular weight excluding hydrogens is 388 g/mol. The van der Waals surface area contributed by atoms with Crippen LogP contribution in [0.4, 0.5) is 0 Å². The highest BCUT2D eigenvalue weighted by atomic mass is 28.4. The predicted octanol–water partition coefficient (Wildman–Crippen LogP) is 2.99. The molecule has 0 bridgehead atoms. The minimum absolute atomic E-state index is 0.186. The molecular formula is C17H38O8Si2. The van der Waals surface area contributed by atoms with Crippen LogP contribution in [0, 0.1) is 0 Å². The SMILES string of the molecule is C=CC.C=C[Si](OC)(OC)OC.CCC(=O)OCCC[Si](OC)(OC)OC. The lowest BCUT2D eigenvalue weighted by Crippen LogP contribution is -2.42. The molecule has 0 aromatic carbocycles. The standard InChI is InChI=1S/C9H20O5Si.C5H12O3Si.C3H6/c1-5-9(10)14-7-6-8-15(11-2,12-3)13-4;1-5-9(6-2,7-3)8-4;1-3-2/h5-8H2,1-4H3;5H,1H2,2-4H3;3H,1H2,2H3. The molecule has 0 N–H and O–H groups in total. The van der Waals surface area contributed by atoms with E-state index in [4.69, 9.17) is 31.3 Å². The fourth-order valence-corrected chi connectivity index (χ4v) is 4.32. The van der Waals surface area contributed by atoms with Crippen LogP contribution in [0.25, 0.3) is 0 Å². The van der Waals surface area contributed by atoms with Gasteiger partial charge in [-0.1, -0.05) is 19.6 Å². The van der Waals surface area contributed by atoms with Crippen molar-refractivity contribution in [2.24, 2.45) is 0 Å². The Kier molecular flexibility index (Phi) is 22.7. The fourth-order valence-electron chi connectivity index (χ4n) is 1.63. The van der Waals surface area contributed by atoms with Crippen molar-refractivity contribution in [1.82, 2.24) is 0 Å². The number of carbonyl (C=O) groups excluding carboxylic acids is 1. The monoisotopic (exact) mass is 426 g/mol. The fraction of sp³-hybridized carbons (Fsp3) is 0.706. The smallest absolute Gasteiger partial charge is 0.466 e. The van der Waals surface area contributed by atoms with E-state index < -0.39 is 17.6 Å². The quantitative estimate of drug-likeness (QED) is 0.204. The predicted molar refractivity (Wildman–Crippen MR) is 110 cm³/mol. The van der Waals surface area contributed by atoms with E-state index in [9.17, 15) is 4.79 Å². The number of hydrogen-bond acceptors (Lipinski definition) is 8. The Balaban J connectivity index is -0.000000407. The Morgan fingerprint density at radius 3 is 1.52 bits per heavy atom. The van der Waals surface area contributed by atoms with Crippen LogP contribution in [0.2, 0.25) is 6.04 Å². The van der Waals surface area contributed by atoms with Crippen molar-refractivity contribution >= 4 is 23.6 Å². The molecule has 0 amide bonds. The van der Waals surface area contributed by atoms with Gasteiger partial charge in [0.2, 0.25) is 0 Å². The molecule has 27 heavy (non-hydrogen) atoms. The summed E-state index contributed by atoms with van der Waals surface area (Å²) in [6.45, 7) is 10.9. The topological polar surface area (TPSA) is 81.7 Å². The minimum Gasteiger partial charge on any atom is -0.466 e. The third-order valence-corrected chi connectivity index (χ3v) is 8.25. The number of ether oxygens (including phenoxy) is 1. The maximum atomic E-state index is 10.8. The van der Waals surface area contributed by atoms with Gasteiger partial charge in [-0.05, 0) is 19.0 Å². The summed E-state index contributed by atoms with van der Waals surface area (Å²) in [6, 6.07) is 0.646. The Morgan fingerprint density at radius 1 is 0.889 bits per heavy atom. The molecule has 8 nitrogen and oxygen atoms in total. The van der Waals surface area contributed by atoms with Crippen molar-refractivity contribution < 1.29 is 36.1 Å². The van der Waals surface area contributed by atoms with E-state index >= 15 is 0 Å². The molecule has 0 radical (unpaired) electrons. The van der Waals surface area contributed by atoms with Gasteiger partial charge in [-0.3, -0.25) is 4.79 Å². The molecule has 162 valence electrons. The number of esters is 1. The molecule has 0 saturated carbocycles. The molecule has 0 aromatic rings. The molecule has 0 atom stereocenters. The van der Waals surface area contributed by atoms with Gasteiger partial charge in [0.25, 0.3) is 0 Å². The molecule has 0 aliphatic rings. The van der Waals surface area contributed by atoms with Gasteiger partial charge in [0.15, 0.2) is 0 Å². The molecule has 0 aliphatic carbocycles. The first-order valence-electron chi connectivity index (χ1n) is 8.47. The first-order chi connectivity index (χ1) is 12.8. The first-order valence-corrected chi connectivity index (χ1v) is 12.2. The van der Waals surface area contributed by atoms with Crippen molar-refractivity contribution in [2.75, 3.05) is 49.3 Å². The Labute approximate surface area is 167 Å². The van der Waals surface area contributed by atoms with Crippen LogP contribution < -0.4 is 0 Å². The summed E-state index contributed by atoms with van der Waals surface area (Å²) in [6.07, 6.45) is 2.84. The second kappa shape index (κ2) is 19.9. The van der Waals surface area contributed by atoms with Crippen molar-refractivity contribution in [1.29, 1.82) is 0 Å². The van der Waals surface area contributed by atoms with E-state index in [0.717, 1.165) is 0 Å². The summed E-state index contributed by atoms with van der Waals surface area (Å²) in [7, 11) is 4.41. The zero-order chi connectivity index (χ0) is 21.8. The molecule has 0 spiro atoms. The number of carbonyl (C=O) groups is 1. The summed E-state index contributed by atoms with van der Waals surface area (Å²) in [5.41, 5.74) is 1.58. The van der Waals surface area contributed by atoms with Crippen molar-refractivity contribution in [3.63, 3.8) is 0 Å². The van der Waals surface area contributed by atoms with E-state index in [0.29, 0.717) is 25.5 Å². The van der Waals surface area contributed by atoms with E-state index in [1.54, 1.807) is 61.4 Å². The van der Waals surface area contributed by atoms with Crippen LogP contribution in [-0.2, 0) is 36.1 Å². The van der Waals surface area contributed by atoms with Crippen LogP contribution in [-0.4, -0.2) is 72.8 Å². The molecule has 0 aromatic heterocycles. The molecule has 0 fully saturated rings. The lowest BCUT2D eigenvalue weighted by molar-refractivity contribution is -0.143. The van der Waals surface area contributed by atoms with Gasteiger partial charge in [-0.15, -0.1) is 6.58 Å². The van der Waals surface area contributed by atoms with Gasteiger partial charge in [-0.2, -0.15) is 0 Å². The lowest BCUT2D eigenvalue weighted by atomic mass is 10.5. The molecule has 0 unspecified atom stereocenters. The van der Waals surface area contributed by atoms with Gasteiger partial charge < -0.3 is 31.3 Å². The number of allylic oxidation sites excluding steroid dienone is 1. The zero-order valence-electron chi connectivity index (χ0n) is 18.2. The van der Waals surface area contributed by atoms with E-state index in [1.165, 1.54) is 0 Å². The first kappa shape index (κ1) is 30.9. The molecule has 0 saturated heterocycles. The highest BCUT2D eigenvalue weighted by Crippen LogP contribution is 2.14. The summed E-state index contributed by atoms with van der Waals surface area (Å²) < 4.78 is 35.5. The Bertz CT molecular complexity index is 355. The van der Waals surface area contributed by atoms with Crippen molar-refractivity contribution in [2.45, 2.75) is 32.7 Å². The maximum absolute atomic E-state index is 10.8. The van der Waals surface area contributed by atoms with E-state index in [-0.39, 0.29) is 5.97 Å². The lowest BCUT2D eigenvalue weighted by Gasteiger charge is -2.24. The molecule has 0 heterocycles. The second-order valence-corrected chi connectivity index (χ2v) is 10.7. The van der Waals surface area contributed by atoms with Gasteiger partial charge in [-0.25, -0.2) is 0 Å². The van der Waals surface area contributed by atoms with Crippen LogP contribution in [0.3, 0.4) is 0 Å². The van der Waals surface area contributed by atoms with Gasteiger partial charge >= 0.3 is 23.6 Å². The highest BCUT2D eigenvalue weighted by Gasteiger charge is 2.37. The largest absolute Gasteiger partial charge is 0.528 e. The Hall–Kier alpha value is -0.856. The maximum Gasteiger partial charge on any atom is 0.528 e. The number of rotatable bonds is 12. The van der Waals surface area contributed by atoms with Crippen LogP contribution in [0.1, 0.15) is 26.7 Å². The average molecular weight is 427 g/mol. The highest BCUT2D eigenvalue weighted by molar-refractivity contribution is 6.66. The molecule has 0 aliphatic heterocycles. The van der Waals surface area contributed by atoms with E-state index in [2.05, 4.69) is 13.2 Å². The summed E-state index contributed by atoms with van der Waals surface area (Å²) in [4.78, 5) is 10.8. The van der Waals surface area contributed by atoms with Gasteiger partial charge in [0.05, 0.1) is 6.61 Å². The third-order valence-electron chi connectivity index (χ3n) is 3.22. The molecule has 0 rings (SSSR count). The average Bonchev–Trinajstić information content (AvgIpc) is 2.72. The molecule has 10 heteroatoms. The normalized spacial score (nSPS) is 10.7. The zero-order valence-corrected chi connectivity index (χ0v) is 20.2. The van der Waals surface area contributed by atoms with E-state index in [1.807, 2.05) is 6.92 Å². The Morgan fingerprint density at radius 2 is 1.30 bits per heavy atom. The summed E-state index contributed by atoms with van der Waals surface area (Å²) >= 11 is 0. The number of hydrogen-bond donors (Lipinski definition) is 0. The van der Waals surface area contributed by atoms with Crippen molar-refractivity contribution in [3.05, 3.63) is 24.9 Å². The van der Waals surface area contributed by atoms with Crippen LogP contribution in [0.5, 0.6) is 0 Å². The third kappa shape index (κ3) is 14.8. The van der Waals surface area contributed by atoms with Gasteiger partial charge in [0.1, 0.15) is 0 Å². The van der Waals surface area contributed by atoms with Crippen LogP contribution in [0.15, 0.2) is 24.9 Å². The van der Waals surface area contributed by atoms with Crippen molar-refractivity contribution in [3.8, 4) is 0 Å². The van der Waals surface area contributed by atoms with Gasteiger partial charge in [0, 0.05) is 55.1 Å². The van der Waals surface area contributed by atoms with Crippen LogP contribution >= 0.6 is 0 Å². The summed E-state index contributed by atoms with van der Waals surface area (Å²) in [5, 5.41) is 0.